The molecule has 1 N–H and O–H groups in total. The van der Waals surface area contributed by atoms with E-state index in [0.29, 0.717) is 17.2 Å². The molecule has 0 amide bonds. The summed E-state index contributed by atoms with van der Waals surface area (Å²) in [7, 11) is 1.68. The Morgan fingerprint density at radius 2 is 2.11 bits per heavy atom. The van der Waals surface area contributed by atoms with Crippen molar-refractivity contribution in [2.45, 2.75) is 38.4 Å². The van der Waals surface area contributed by atoms with Gasteiger partial charge in [0.05, 0.1) is 11.7 Å². The van der Waals surface area contributed by atoms with E-state index in [2.05, 4.69) is 0 Å². The lowest BCUT2D eigenvalue weighted by molar-refractivity contribution is -0.00189. The highest BCUT2D eigenvalue weighted by Gasteiger charge is 2.18. The van der Waals surface area contributed by atoms with E-state index < -0.39 is 6.10 Å². The maximum absolute atomic E-state index is 9.83. The topological polar surface area (TPSA) is 38.7 Å². The first-order chi connectivity index (χ1) is 8.43. The van der Waals surface area contributed by atoms with Gasteiger partial charge in [0.15, 0.2) is 0 Å². The summed E-state index contributed by atoms with van der Waals surface area (Å²) in [5.41, 5.74) is -0.211. The van der Waals surface area contributed by atoms with Crippen LogP contribution in [0.4, 0.5) is 0 Å². The monoisotopic (exact) mass is 272 g/mol. The van der Waals surface area contributed by atoms with Gasteiger partial charge >= 0.3 is 0 Å². The fourth-order valence-corrected chi connectivity index (χ4v) is 1.63. The van der Waals surface area contributed by atoms with E-state index in [0.717, 1.165) is 6.42 Å². The van der Waals surface area contributed by atoms with Gasteiger partial charge in [-0.15, -0.1) is 0 Å². The van der Waals surface area contributed by atoms with E-state index in [1.165, 1.54) is 0 Å². The minimum absolute atomic E-state index is 0.211. The standard InChI is InChI=1S/C14H21ClO3/c1-14(2,17-3)8-7-12(16)10-18-13-6-4-5-11(15)9-13/h4-6,9,12,16H,7-8,10H2,1-3H3. The van der Waals surface area contributed by atoms with E-state index in [1.807, 2.05) is 26.0 Å². The molecule has 0 aliphatic heterocycles. The average Bonchev–Trinajstić information content (AvgIpc) is 2.34. The van der Waals surface area contributed by atoms with Gasteiger partial charge < -0.3 is 14.6 Å². The van der Waals surface area contributed by atoms with Crippen LogP contribution in [0, 0.1) is 0 Å². The van der Waals surface area contributed by atoms with Crippen LogP contribution in [-0.4, -0.2) is 30.5 Å². The zero-order valence-corrected chi connectivity index (χ0v) is 11.9. The normalized spacial score (nSPS) is 13.4. The van der Waals surface area contributed by atoms with Gasteiger partial charge in [0, 0.05) is 12.1 Å². The Balaban J connectivity index is 2.31. The lowest BCUT2D eigenvalue weighted by Crippen LogP contribution is -2.26. The molecule has 1 unspecified atom stereocenters. The number of rotatable bonds is 7. The molecule has 0 aromatic heterocycles. The van der Waals surface area contributed by atoms with E-state index in [4.69, 9.17) is 21.1 Å². The molecule has 0 saturated heterocycles. The summed E-state index contributed by atoms with van der Waals surface area (Å²) in [4.78, 5) is 0. The maximum Gasteiger partial charge on any atom is 0.120 e. The molecule has 0 bridgehead atoms. The number of ether oxygens (including phenoxy) is 2. The Bertz CT molecular complexity index is 366. The van der Waals surface area contributed by atoms with Crippen molar-refractivity contribution < 1.29 is 14.6 Å². The van der Waals surface area contributed by atoms with Gasteiger partial charge in [0.2, 0.25) is 0 Å². The second-order valence-corrected chi connectivity index (χ2v) is 5.36. The van der Waals surface area contributed by atoms with Gasteiger partial charge in [-0.3, -0.25) is 0 Å². The fraction of sp³-hybridized carbons (Fsp3) is 0.571. The third-order valence-electron chi connectivity index (χ3n) is 2.87. The van der Waals surface area contributed by atoms with E-state index in [9.17, 15) is 5.11 Å². The Hall–Kier alpha value is -0.770. The Morgan fingerprint density at radius 3 is 2.72 bits per heavy atom. The largest absolute Gasteiger partial charge is 0.491 e. The molecule has 0 saturated carbocycles. The van der Waals surface area contributed by atoms with Gasteiger partial charge in [-0.2, -0.15) is 0 Å². The lowest BCUT2D eigenvalue weighted by Gasteiger charge is -2.24. The quantitative estimate of drug-likeness (QED) is 0.828. The van der Waals surface area contributed by atoms with Crippen molar-refractivity contribution in [3.8, 4) is 5.75 Å². The molecule has 1 atom stereocenters. The lowest BCUT2D eigenvalue weighted by atomic mass is 10.0. The van der Waals surface area contributed by atoms with Crippen LogP contribution in [0.25, 0.3) is 0 Å². The first kappa shape index (κ1) is 15.3. The van der Waals surface area contributed by atoms with Crippen molar-refractivity contribution in [2.24, 2.45) is 0 Å². The Labute approximate surface area is 114 Å². The van der Waals surface area contributed by atoms with Gasteiger partial charge in [-0.1, -0.05) is 17.7 Å². The van der Waals surface area contributed by atoms with Crippen LogP contribution < -0.4 is 4.74 Å². The molecule has 1 aromatic rings. The highest BCUT2D eigenvalue weighted by Crippen LogP contribution is 2.19. The average molecular weight is 273 g/mol. The SMILES string of the molecule is COC(C)(C)CCC(O)COc1cccc(Cl)c1. The molecular formula is C14H21ClO3. The number of aliphatic hydroxyl groups excluding tert-OH is 1. The van der Waals surface area contributed by atoms with Crippen molar-refractivity contribution in [1.82, 2.24) is 0 Å². The van der Waals surface area contributed by atoms with Crippen LogP contribution in [0.1, 0.15) is 26.7 Å². The predicted molar refractivity (Wildman–Crippen MR) is 73.3 cm³/mol. The predicted octanol–water partition coefficient (Wildman–Crippen LogP) is 3.28. The molecule has 1 aromatic carbocycles. The molecule has 4 heteroatoms. The van der Waals surface area contributed by atoms with Crippen molar-refractivity contribution in [1.29, 1.82) is 0 Å². The van der Waals surface area contributed by atoms with E-state index >= 15 is 0 Å². The first-order valence-electron chi connectivity index (χ1n) is 6.04. The molecule has 0 spiro atoms. The van der Waals surface area contributed by atoms with Crippen molar-refractivity contribution in [3.05, 3.63) is 29.3 Å². The highest BCUT2D eigenvalue weighted by molar-refractivity contribution is 6.30. The molecule has 0 aliphatic rings. The zero-order valence-electron chi connectivity index (χ0n) is 11.1. The summed E-state index contributed by atoms with van der Waals surface area (Å²) in [6.07, 6.45) is 0.920. The minimum atomic E-state index is -0.501. The van der Waals surface area contributed by atoms with Crippen LogP contribution in [0.5, 0.6) is 5.75 Å². The third-order valence-corrected chi connectivity index (χ3v) is 3.11. The Kier molecular flexibility index (Phi) is 5.93. The summed E-state index contributed by atoms with van der Waals surface area (Å²) >= 11 is 5.84. The first-order valence-corrected chi connectivity index (χ1v) is 6.42. The summed E-state index contributed by atoms with van der Waals surface area (Å²) in [5, 5.41) is 10.5. The second-order valence-electron chi connectivity index (χ2n) is 4.92. The van der Waals surface area contributed by atoms with Crippen LogP contribution in [0.15, 0.2) is 24.3 Å². The Morgan fingerprint density at radius 1 is 1.39 bits per heavy atom. The van der Waals surface area contributed by atoms with Crippen molar-refractivity contribution in [3.63, 3.8) is 0 Å². The van der Waals surface area contributed by atoms with Gasteiger partial charge in [0.25, 0.3) is 0 Å². The number of hydrogen-bond acceptors (Lipinski definition) is 3. The molecule has 3 nitrogen and oxygen atoms in total. The van der Waals surface area contributed by atoms with Crippen LogP contribution in [-0.2, 0) is 4.74 Å². The molecule has 1 rings (SSSR count). The van der Waals surface area contributed by atoms with Crippen LogP contribution in [0.2, 0.25) is 5.02 Å². The van der Waals surface area contributed by atoms with Gasteiger partial charge in [-0.25, -0.2) is 0 Å². The molecule has 0 heterocycles. The molecule has 18 heavy (non-hydrogen) atoms. The number of hydrogen-bond donors (Lipinski definition) is 1. The van der Waals surface area contributed by atoms with Gasteiger partial charge in [-0.05, 0) is 44.9 Å². The second kappa shape index (κ2) is 6.98. The summed E-state index contributed by atoms with van der Waals surface area (Å²) in [6.45, 7) is 4.26. The molecule has 0 fully saturated rings. The highest BCUT2D eigenvalue weighted by atomic mass is 35.5. The smallest absolute Gasteiger partial charge is 0.120 e. The number of methoxy groups -OCH3 is 1. The van der Waals surface area contributed by atoms with Crippen LogP contribution >= 0.6 is 11.6 Å². The fourth-order valence-electron chi connectivity index (χ4n) is 1.45. The number of aliphatic hydroxyl groups is 1. The summed E-state index contributed by atoms with van der Waals surface area (Å²) in [5.74, 6) is 0.674. The number of halogens is 1. The minimum Gasteiger partial charge on any atom is -0.491 e. The van der Waals surface area contributed by atoms with Crippen LogP contribution in [0.3, 0.4) is 0 Å². The molecule has 0 radical (unpaired) electrons. The van der Waals surface area contributed by atoms with Crippen molar-refractivity contribution in [2.75, 3.05) is 13.7 Å². The molecule has 102 valence electrons. The molecule has 0 aliphatic carbocycles. The maximum atomic E-state index is 9.83. The zero-order chi connectivity index (χ0) is 13.6. The summed E-state index contributed by atoms with van der Waals surface area (Å²) < 4.78 is 10.8. The third kappa shape index (κ3) is 5.71. The van der Waals surface area contributed by atoms with E-state index in [-0.39, 0.29) is 12.2 Å². The van der Waals surface area contributed by atoms with Crippen molar-refractivity contribution >= 4 is 11.6 Å². The number of benzene rings is 1. The van der Waals surface area contributed by atoms with Gasteiger partial charge in [0.1, 0.15) is 12.4 Å². The van der Waals surface area contributed by atoms with E-state index in [1.54, 1.807) is 19.2 Å². The summed E-state index contributed by atoms with van der Waals surface area (Å²) in [6, 6.07) is 7.15. The molecular weight excluding hydrogens is 252 g/mol.